The van der Waals surface area contributed by atoms with Crippen LogP contribution in [0.1, 0.15) is 12.8 Å². The van der Waals surface area contributed by atoms with Gasteiger partial charge in [0.05, 0.1) is 0 Å². The van der Waals surface area contributed by atoms with Gasteiger partial charge in [0, 0.05) is 25.4 Å². The predicted molar refractivity (Wildman–Crippen MR) is 49.5 cm³/mol. The second kappa shape index (κ2) is 5.00. The number of nitrogens with two attached hydrogens (primary N) is 1. The fourth-order valence-corrected chi connectivity index (χ4v) is 0.928. The molecule has 0 radical (unpaired) electrons. The first kappa shape index (κ1) is 10.2. The maximum absolute atomic E-state index is 11.2. The molecule has 0 saturated heterocycles. The zero-order valence-corrected chi connectivity index (χ0v) is 7.64. The number of primary amides is 1. The molecule has 2 amide bonds. The number of carbonyl (C=O) groups excluding carboxylic acids is 2. The van der Waals surface area contributed by atoms with E-state index in [1.807, 2.05) is 0 Å². The number of rotatable bonds is 4. The quantitative estimate of drug-likeness (QED) is 0.648. The maximum Gasteiger partial charge on any atom is 0.326 e. The lowest BCUT2D eigenvalue weighted by Crippen LogP contribution is -2.29. The van der Waals surface area contributed by atoms with Gasteiger partial charge in [-0.1, -0.05) is 0 Å². The van der Waals surface area contributed by atoms with E-state index in [1.54, 1.807) is 6.20 Å². The van der Waals surface area contributed by atoms with E-state index in [0.29, 0.717) is 13.0 Å². The third-order valence-corrected chi connectivity index (χ3v) is 1.62. The molecule has 0 fully saturated rings. The van der Waals surface area contributed by atoms with Gasteiger partial charge in [-0.15, -0.1) is 0 Å². The number of amides is 2. The number of hydrogen-bond donors (Lipinski definition) is 2. The third kappa shape index (κ3) is 3.26. The Hall–Kier alpha value is -1.85. The standard InChI is InChI=1S/C8H12N4O2/c9-7(13)2-1-3-11-8(14)12-5-4-10-6-12/h4-6H,1-3H2,(H2,9,13)(H,11,14). The van der Waals surface area contributed by atoms with Crippen molar-refractivity contribution in [1.82, 2.24) is 14.9 Å². The van der Waals surface area contributed by atoms with Crippen molar-refractivity contribution in [2.24, 2.45) is 5.73 Å². The maximum atomic E-state index is 11.2. The van der Waals surface area contributed by atoms with E-state index in [1.165, 1.54) is 17.1 Å². The van der Waals surface area contributed by atoms with E-state index >= 15 is 0 Å². The van der Waals surface area contributed by atoms with Crippen LogP contribution in [0.4, 0.5) is 4.79 Å². The Morgan fingerprint density at radius 1 is 1.50 bits per heavy atom. The molecule has 6 heteroatoms. The van der Waals surface area contributed by atoms with Crippen LogP contribution in [-0.2, 0) is 4.79 Å². The monoisotopic (exact) mass is 196 g/mol. The first-order valence-corrected chi connectivity index (χ1v) is 4.24. The molecular formula is C8H12N4O2. The van der Waals surface area contributed by atoms with E-state index in [0.717, 1.165) is 0 Å². The van der Waals surface area contributed by atoms with E-state index in [4.69, 9.17) is 5.73 Å². The summed E-state index contributed by atoms with van der Waals surface area (Å²) in [6.07, 6.45) is 5.30. The molecule has 14 heavy (non-hydrogen) atoms. The van der Waals surface area contributed by atoms with E-state index < -0.39 is 0 Å². The second-order valence-electron chi connectivity index (χ2n) is 2.77. The van der Waals surface area contributed by atoms with Crippen molar-refractivity contribution in [2.75, 3.05) is 6.54 Å². The fourth-order valence-electron chi connectivity index (χ4n) is 0.928. The normalized spacial score (nSPS) is 9.71. The van der Waals surface area contributed by atoms with Crippen LogP contribution >= 0.6 is 0 Å². The summed E-state index contributed by atoms with van der Waals surface area (Å²) >= 11 is 0. The van der Waals surface area contributed by atoms with Gasteiger partial charge in [0.15, 0.2) is 0 Å². The second-order valence-corrected chi connectivity index (χ2v) is 2.77. The van der Waals surface area contributed by atoms with Crippen molar-refractivity contribution in [2.45, 2.75) is 12.8 Å². The molecule has 6 nitrogen and oxygen atoms in total. The Balaban J connectivity index is 2.19. The summed E-state index contributed by atoms with van der Waals surface area (Å²) in [7, 11) is 0. The van der Waals surface area contributed by atoms with Gasteiger partial charge in [-0.25, -0.2) is 9.78 Å². The minimum absolute atomic E-state index is 0.257. The van der Waals surface area contributed by atoms with E-state index in [2.05, 4.69) is 10.3 Å². The number of carbonyl (C=O) groups is 2. The Morgan fingerprint density at radius 2 is 2.29 bits per heavy atom. The SMILES string of the molecule is NC(=O)CCCNC(=O)n1ccnc1. The molecule has 0 unspecified atom stereocenters. The van der Waals surface area contributed by atoms with Crippen molar-refractivity contribution < 1.29 is 9.59 Å². The first-order valence-electron chi connectivity index (χ1n) is 4.24. The zero-order chi connectivity index (χ0) is 10.4. The lowest BCUT2D eigenvalue weighted by molar-refractivity contribution is -0.118. The zero-order valence-electron chi connectivity index (χ0n) is 7.64. The van der Waals surface area contributed by atoms with Crippen molar-refractivity contribution in [1.29, 1.82) is 0 Å². The van der Waals surface area contributed by atoms with E-state index in [-0.39, 0.29) is 18.4 Å². The molecule has 3 N–H and O–H groups in total. The highest BCUT2D eigenvalue weighted by molar-refractivity contribution is 5.76. The summed E-state index contributed by atoms with van der Waals surface area (Å²) in [5.74, 6) is -0.359. The molecule has 1 rings (SSSR count). The number of nitrogens with one attached hydrogen (secondary N) is 1. The summed E-state index contributed by atoms with van der Waals surface area (Å²) < 4.78 is 1.32. The average molecular weight is 196 g/mol. The van der Waals surface area contributed by atoms with Crippen LogP contribution < -0.4 is 11.1 Å². The molecule has 1 aromatic rings. The molecule has 76 valence electrons. The summed E-state index contributed by atoms with van der Waals surface area (Å²) in [6.45, 7) is 0.431. The summed E-state index contributed by atoms with van der Waals surface area (Å²) in [5, 5.41) is 2.62. The number of aromatic nitrogens is 2. The van der Waals surface area contributed by atoms with Crippen molar-refractivity contribution in [3.8, 4) is 0 Å². The van der Waals surface area contributed by atoms with Gasteiger partial charge < -0.3 is 11.1 Å². The molecule has 0 aliphatic carbocycles. The highest BCUT2D eigenvalue weighted by Crippen LogP contribution is 1.87. The Bertz CT molecular complexity index is 307. The third-order valence-electron chi connectivity index (χ3n) is 1.62. The summed E-state index contributed by atoms with van der Waals surface area (Å²) in [4.78, 5) is 25.3. The van der Waals surface area contributed by atoms with Crippen LogP contribution in [0, 0.1) is 0 Å². The van der Waals surface area contributed by atoms with Crippen LogP contribution in [-0.4, -0.2) is 28.0 Å². The van der Waals surface area contributed by atoms with Crippen LogP contribution in [0.3, 0.4) is 0 Å². The lowest BCUT2D eigenvalue weighted by atomic mass is 10.3. The van der Waals surface area contributed by atoms with Gasteiger partial charge in [0.25, 0.3) is 0 Å². The minimum atomic E-state index is -0.359. The van der Waals surface area contributed by atoms with Crippen molar-refractivity contribution >= 4 is 11.9 Å². The summed E-state index contributed by atoms with van der Waals surface area (Å²) in [6, 6.07) is -0.257. The predicted octanol–water partition coefficient (Wildman–Crippen LogP) is -0.294. The van der Waals surface area contributed by atoms with Gasteiger partial charge in [-0.2, -0.15) is 0 Å². The van der Waals surface area contributed by atoms with Crippen molar-refractivity contribution in [3.05, 3.63) is 18.7 Å². The fraction of sp³-hybridized carbons (Fsp3) is 0.375. The number of hydrogen-bond acceptors (Lipinski definition) is 3. The van der Waals surface area contributed by atoms with Gasteiger partial charge in [-0.05, 0) is 6.42 Å². The molecule has 0 atom stereocenters. The molecular weight excluding hydrogens is 184 g/mol. The molecule has 1 aromatic heterocycles. The molecule has 0 saturated carbocycles. The van der Waals surface area contributed by atoms with Crippen LogP contribution in [0.25, 0.3) is 0 Å². The molecule has 0 aliphatic heterocycles. The largest absolute Gasteiger partial charge is 0.370 e. The average Bonchev–Trinajstić information content (AvgIpc) is 2.64. The van der Waals surface area contributed by atoms with Gasteiger partial charge >= 0.3 is 6.03 Å². The highest BCUT2D eigenvalue weighted by atomic mass is 16.2. The van der Waals surface area contributed by atoms with Gasteiger partial charge in [0.1, 0.15) is 6.33 Å². The van der Waals surface area contributed by atoms with Crippen LogP contribution in [0.2, 0.25) is 0 Å². The lowest BCUT2D eigenvalue weighted by Gasteiger charge is -2.03. The minimum Gasteiger partial charge on any atom is -0.370 e. The molecule has 0 aromatic carbocycles. The van der Waals surface area contributed by atoms with Crippen LogP contribution in [0.5, 0.6) is 0 Å². The smallest absolute Gasteiger partial charge is 0.326 e. The van der Waals surface area contributed by atoms with Gasteiger partial charge in [0.2, 0.25) is 5.91 Å². The topological polar surface area (TPSA) is 90.0 Å². The Labute approximate surface area is 81.1 Å². The van der Waals surface area contributed by atoms with E-state index in [9.17, 15) is 9.59 Å². The molecule has 0 aliphatic rings. The number of imidazole rings is 1. The molecule has 1 heterocycles. The first-order chi connectivity index (χ1) is 6.70. The molecule has 0 bridgehead atoms. The Kier molecular flexibility index (Phi) is 3.66. The van der Waals surface area contributed by atoms with Crippen LogP contribution in [0.15, 0.2) is 18.7 Å². The van der Waals surface area contributed by atoms with Crippen molar-refractivity contribution in [3.63, 3.8) is 0 Å². The summed E-state index contributed by atoms with van der Waals surface area (Å²) in [5.41, 5.74) is 4.94. The Morgan fingerprint density at radius 3 is 2.86 bits per heavy atom. The highest BCUT2D eigenvalue weighted by Gasteiger charge is 2.01. The van der Waals surface area contributed by atoms with Gasteiger partial charge in [-0.3, -0.25) is 9.36 Å². The molecule has 0 spiro atoms. The number of nitrogens with zero attached hydrogens (tertiary/aromatic N) is 2.